The van der Waals surface area contributed by atoms with Gasteiger partial charge in [0.1, 0.15) is 0 Å². The van der Waals surface area contributed by atoms with Crippen LogP contribution < -0.4 is 10.9 Å². The molecular formula is C13H22N2O. The van der Waals surface area contributed by atoms with Crippen molar-refractivity contribution in [1.29, 1.82) is 0 Å². The SMILES string of the molecule is CNC(C)CCCCn1c(C)cccc1=O. The van der Waals surface area contributed by atoms with E-state index < -0.39 is 0 Å². The third-order valence-electron chi connectivity index (χ3n) is 3.03. The molecule has 0 fully saturated rings. The first-order valence-electron chi connectivity index (χ1n) is 5.99. The standard InChI is InChI=1S/C13H22N2O/c1-11(14-3)7-4-5-10-15-12(2)8-6-9-13(15)16/h6,8-9,11,14H,4-5,7,10H2,1-3H3. The van der Waals surface area contributed by atoms with Gasteiger partial charge < -0.3 is 9.88 Å². The van der Waals surface area contributed by atoms with Crippen molar-refractivity contribution in [1.82, 2.24) is 9.88 Å². The van der Waals surface area contributed by atoms with E-state index in [1.807, 2.05) is 30.7 Å². The van der Waals surface area contributed by atoms with Gasteiger partial charge in [0, 0.05) is 24.3 Å². The Bertz CT molecular complexity index is 370. The van der Waals surface area contributed by atoms with Crippen LogP contribution in [0.5, 0.6) is 0 Å². The Kier molecular flexibility index (Phi) is 5.26. The number of hydrogen-bond donors (Lipinski definition) is 1. The smallest absolute Gasteiger partial charge is 0.250 e. The predicted molar refractivity (Wildman–Crippen MR) is 67.8 cm³/mol. The summed E-state index contributed by atoms with van der Waals surface area (Å²) in [5.41, 5.74) is 1.16. The lowest BCUT2D eigenvalue weighted by atomic mass is 10.1. The molecule has 0 aromatic carbocycles. The molecule has 1 atom stereocenters. The second-order valence-corrected chi connectivity index (χ2v) is 4.34. The summed E-state index contributed by atoms with van der Waals surface area (Å²) < 4.78 is 1.85. The molecule has 90 valence electrons. The Balaban J connectivity index is 2.40. The highest BCUT2D eigenvalue weighted by molar-refractivity contribution is 5.04. The second kappa shape index (κ2) is 6.48. The summed E-state index contributed by atoms with van der Waals surface area (Å²) in [7, 11) is 1.98. The second-order valence-electron chi connectivity index (χ2n) is 4.34. The minimum atomic E-state index is 0.113. The average Bonchev–Trinajstić information content (AvgIpc) is 2.27. The maximum absolute atomic E-state index is 11.6. The molecule has 0 saturated heterocycles. The van der Waals surface area contributed by atoms with Gasteiger partial charge in [0.15, 0.2) is 0 Å². The van der Waals surface area contributed by atoms with Crippen molar-refractivity contribution in [3.05, 3.63) is 34.2 Å². The molecule has 0 aliphatic heterocycles. The zero-order valence-electron chi connectivity index (χ0n) is 10.5. The number of rotatable bonds is 6. The van der Waals surface area contributed by atoms with Gasteiger partial charge in [-0.2, -0.15) is 0 Å². The minimum absolute atomic E-state index is 0.113. The third-order valence-corrected chi connectivity index (χ3v) is 3.03. The molecule has 0 amide bonds. The van der Waals surface area contributed by atoms with Gasteiger partial charge in [-0.25, -0.2) is 0 Å². The molecule has 3 heteroatoms. The normalized spacial score (nSPS) is 12.7. The Morgan fingerprint density at radius 2 is 2.12 bits per heavy atom. The van der Waals surface area contributed by atoms with Gasteiger partial charge in [0.05, 0.1) is 0 Å². The largest absolute Gasteiger partial charge is 0.317 e. The molecular weight excluding hydrogens is 200 g/mol. The number of unbranched alkanes of at least 4 members (excludes halogenated alkanes) is 1. The van der Waals surface area contributed by atoms with Crippen LogP contribution in [0.25, 0.3) is 0 Å². The number of aromatic nitrogens is 1. The van der Waals surface area contributed by atoms with Crippen LogP contribution in [0.4, 0.5) is 0 Å². The summed E-state index contributed by atoms with van der Waals surface area (Å²) in [5, 5.41) is 3.22. The van der Waals surface area contributed by atoms with Gasteiger partial charge >= 0.3 is 0 Å². The maximum atomic E-state index is 11.6. The molecule has 1 N–H and O–H groups in total. The van der Waals surface area contributed by atoms with Crippen LogP contribution in [0.1, 0.15) is 31.9 Å². The van der Waals surface area contributed by atoms with Crippen LogP contribution in [-0.4, -0.2) is 17.7 Å². The Morgan fingerprint density at radius 1 is 1.38 bits per heavy atom. The number of hydrogen-bond acceptors (Lipinski definition) is 2. The predicted octanol–water partition coefficient (Wildman–Crippen LogP) is 1.93. The maximum Gasteiger partial charge on any atom is 0.250 e. The van der Waals surface area contributed by atoms with Crippen molar-refractivity contribution in [2.75, 3.05) is 7.05 Å². The fourth-order valence-electron chi connectivity index (χ4n) is 1.77. The summed E-state index contributed by atoms with van der Waals surface area (Å²) in [6, 6.07) is 5.99. The first-order chi connectivity index (χ1) is 7.65. The van der Waals surface area contributed by atoms with Crippen molar-refractivity contribution in [2.24, 2.45) is 0 Å². The number of nitrogens with zero attached hydrogens (tertiary/aromatic N) is 1. The Morgan fingerprint density at radius 3 is 2.75 bits per heavy atom. The van der Waals surface area contributed by atoms with Crippen molar-refractivity contribution in [2.45, 2.75) is 45.7 Å². The van der Waals surface area contributed by atoms with E-state index in [0.29, 0.717) is 6.04 Å². The lowest BCUT2D eigenvalue weighted by Gasteiger charge is -2.11. The van der Waals surface area contributed by atoms with E-state index in [4.69, 9.17) is 0 Å². The molecule has 1 aromatic heterocycles. The highest BCUT2D eigenvalue weighted by Crippen LogP contribution is 2.03. The summed E-state index contributed by atoms with van der Waals surface area (Å²) in [5.74, 6) is 0. The van der Waals surface area contributed by atoms with E-state index in [2.05, 4.69) is 12.2 Å². The molecule has 1 rings (SSSR count). The van der Waals surface area contributed by atoms with Crippen LogP contribution in [-0.2, 0) is 6.54 Å². The molecule has 0 aliphatic rings. The highest BCUT2D eigenvalue weighted by atomic mass is 16.1. The number of pyridine rings is 1. The van der Waals surface area contributed by atoms with Crippen molar-refractivity contribution >= 4 is 0 Å². The fraction of sp³-hybridized carbons (Fsp3) is 0.615. The summed E-state index contributed by atoms with van der Waals surface area (Å²) in [6.07, 6.45) is 3.39. The zero-order valence-corrected chi connectivity index (χ0v) is 10.5. The molecule has 0 radical (unpaired) electrons. The molecule has 0 aliphatic carbocycles. The molecule has 3 nitrogen and oxygen atoms in total. The Hall–Kier alpha value is -1.09. The summed E-state index contributed by atoms with van der Waals surface area (Å²) >= 11 is 0. The lowest BCUT2D eigenvalue weighted by Crippen LogP contribution is -2.22. The van der Waals surface area contributed by atoms with Crippen molar-refractivity contribution in [3.63, 3.8) is 0 Å². The lowest BCUT2D eigenvalue weighted by molar-refractivity contribution is 0.498. The molecule has 1 aromatic rings. The van der Waals surface area contributed by atoms with Crippen LogP contribution >= 0.6 is 0 Å². The average molecular weight is 222 g/mol. The first-order valence-corrected chi connectivity index (χ1v) is 5.99. The Labute approximate surface area is 97.5 Å². The van der Waals surface area contributed by atoms with Gasteiger partial charge in [0.2, 0.25) is 0 Å². The van der Waals surface area contributed by atoms with Crippen LogP contribution in [0.15, 0.2) is 23.0 Å². The van der Waals surface area contributed by atoms with Crippen molar-refractivity contribution < 1.29 is 0 Å². The van der Waals surface area contributed by atoms with E-state index in [-0.39, 0.29) is 5.56 Å². The monoisotopic (exact) mass is 222 g/mol. The molecule has 0 spiro atoms. The zero-order chi connectivity index (χ0) is 12.0. The van der Waals surface area contributed by atoms with E-state index >= 15 is 0 Å². The number of aryl methyl sites for hydroxylation is 1. The quantitative estimate of drug-likeness (QED) is 0.746. The molecule has 1 heterocycles. The summed E-state index contributed by atoms with van der Waals surface area (Å²) in [4.78, 5) is 11.6. The van der Waals surface area contributed by atoms with Gasteiger partial charge in [-0.3, -0.25) is 4.79 Å². The topological polar surface area (TPSA) is 34.0 Å². The molecule has 1 unspecified atom stereocenters. The van der Waals surface area contributed by atoms with Crippen LogP contribution in [0, 0.1) is 6.92 Å². The third kappa shape index (κ3) is 3.81. The summed E-state index contributed by atoms with van der Waals surface area (Å²) in [6.45, 7) is 5.00. The minimum Gasteiger partial charge on any atom is -0.317 e. The number of nitrogens with one attached hydrogen (secondary N) is 1. The van der Waals surface area contributed by atoms with E-state index in [0.717, 1.165) is 31.5 Å². The van der Waals surface area contributed by atoms with Gasteiger partial charge in [0.25, 0.3) is 5.56 Å². The van der Waals surface area contributed by atoms with Crippen LogP contribution in [0.2, 0.25) is 0 Å². The van der Waals surface area contributed by atoms with Gasteiger partial charge in [-0.1, -0.05) is 12.5 Å². The molecule has 0 bridgehead atoms. The molecule has 16 heavy (non-hydrogen) atoms. The van der Waals surface area contributed by atoms with Crippen LogP contribution in [0.3, 0.4) is 0 Å². The first kappa shape index (κ1) is 13.0. The van der Waals surface area contributed by atoms with E-state index in [1.165, 1.54) is 0 Å². The molecule has 0 saturated carbocycles. The van der Waals surface area contributed by atoms with E-state index in [1.54, 1.807) is 6.07 Å². The highest BCUT2D eigenvalue weighted by Gasteiger charge is 2.00. The van der Waals surface area contributed by atoms with Crippen molar-refractivity contribution in [3.8, 4) is 0 Å². The van der Waals surface area contributed by atoms with E-state index in [9.17, 15) is 4.79 Å². The van der Waals surface area contributed by atoms with Gasteiger partial charge in [-0.05, 0) is 39.8 Å². The van der Waals surface area contributed by atoms with Gasteiger partial charge in [-0.15, -0.1) is 0 Å². The fourth-order valence-corrected chi connectivity index (χ4v) is 1.77.